The third kappa shape index (κ3) is 2.66. The van der Waals surface area contributed by atoms with Gasteiger partial charge in [0.2, 0.25) is 0 Å². The van der Waals surface area contributed by atoms with E-state index in [4.69, 9.17) is 5.11 Å². The Balaban J connectivity index is 2.46. The first-order chi connectivity index (χ1) is 9.54. The molecule has 0 amide bonds. The predicted octanol–water partition coefficient (Wildman–Crippen LogP) is 2.51. The van der Waals surface area contributed by atoms with E-state index in [9.17, 15) is 9.59 Å². The number of carboxylic acids is 1. The second-order valence-electron chi connectivity index (χ2n) is 4.81. The van der Waals surface area contributed by atoms with Crippen LogP contribution in [0.25, 0.3) is 5.69 Å². The number of aromatic amines is 1. The molecule has 0 unspecified atom stereocenters. The van der Waals surface area contributed by atoms with Gasteiger partial charge in [-0.25, -0.2) is 9.48 Å². The number of nitrogens with zero attached hydrogens (tertiary/aromatic N) is 1. The number of rotatable bonds is 5. The minimum absolute atomic E-state index is 0.0986. The smallest absolute Gasteiger partial charge is 0.335 e. The van der Waals surface area contributed by atoms with E-state index < -0.39 is 5.97 Å². The van der Waals surface area contributed by atoms with Gasteiger partial charge in [0.25, 0.3) is 5.56 Å². The van der Waals surface area contributed by atoms with Gasteiger partial charge in [0, 0.05) is 11.3 Å². The Morgan fingerprint density at radius 3 is 2.80 bits per heavy atom. The number of hydrogen-bond donors (Lipinski definition) is 2. The van der Waals surface area contributed by atoms with Crippen molar-refractivity contribution in [2.24, 2.45) is 0 Å². The van der Waals surface area contributed by atoms with E-state index in [2.05, 4.69) is 12.0 Å². The largest absolute Gasteiger partial charge is 0.478 e. The molecule has 0 saturated carbocycles. The summed E-state index contributed by atoms with van der Waals surface area (Å²) in [7, 11) is 0. The highest BCUT2D eigenvalue weighted by Gasteiger charge is 2.13. The van der Waals surface area contributed by atoms with Gasteiger partial charge < -0.3 is 5.11 Å². The number of aromatic nitrogens is 2. The van der Waals surface area contributed by atoms with Crippen LogP contribution in [0.3, 0.4) is 0 Å². The Hall–Kier alpha value is -2.30. The van der Waals surface area contributed by atoms with Gasteiger partial charge in [0.15, 0.2) is 0 Å². The molecule has 20 heavy (non-hydrogen) atoms. The number of unbranched alkanes of at least 4 members (excludes halogenated alkanes) is 1. The Morgan fingerprint density at radius 2 is 2.15 bits per heavy atom. The average Bonchev–Trinajstić information content (AvgIpc) is 2.72. The molecule has 0 fully saturated rings. The van der Waals surface area contributed by atoms with Crippen molar-refractivity contribution in [2.75, 3.05) is 0 Å². The highest BCUT2D eigenvalue weighted by molar-refractivity contribution is 5.88. The zero-order valence-electron chi connectivity index (χ0n) is 11.6. The molecule has 0 aliphatic rings. The molecule has 0 aliphatic heterocycles. The second-order valence-corrected chi connectivity index (χ2v) is 4.81. The number of aromatic carboxylic acids is 1. The quantitative estimate of drug-likeness (QED) is 0.879. The lowest BCUT2D eigenvalue weighted by atomic mass is 10.1. The molecule has 2 rings (SSSR count). The lowest BCUT2D eigenvalue weighted by Gasteiger charge is -2.02. The van der Waals surface area contributed by atoms with Crippen LogP contribution in [0.5, 0.6) is 0 Å². The van der Waals surface area contributed by atoms with Crippen LogP contribution in [0.15, 0.2) is 29.1 Å². The van der Waals surface area contributed by atoms with Gasteiger partial charge in [-0.1, -0.05) is 19.4 Å². The van der Waals surface area contributed by atoms with Crippen molar-refractivity contribution in [3.05, 3.63) is 51.4 Å². The van der Waals surface area contributed by atoms with Crippen LogP contribution < -0.4 is 5.56 Å². The van der Waals surface area contributed by atoms with E-state index in [1.54, 1.807) is 12.1 Å². The van der Waals surface area contributed by atoms with Crippen LogP contribution >= 0.6 is 0 Å². The molecular formula is C15H18N2O3. The summed E-state index contributed by atoms with van der Waals surface area (Å²) in [6.07, 6.45) is 2.73. The molecule has 0 aliphatic carbocycles. The van der Waals surface area contributed by atoms with Crippen molar-refractivity contribution in [3.63, 3.8) is 0 Å². The molecule has 0 atom stereocenters. The fourth-order valence-corrected chi connectivity index (χ4v) is 2.19. The van der Waals surface area contributed by atoms with Gasteiger partial charge in [0.05, 0.1) is 11.3 Å². The van der Waals surface area contributed by atoms with E-state index in [0.717, 1.165) is 30.5 Å². The number of aryl methyl sites for hydroxylation is 1. The van der Waals surface area contributed by atoms with Crippen molar-refractivity contribution in [1.82, 2.24) is 9.78 Å². The van der Waals surface area contributed by atoms with E-state index in [1.807, 2.05) is 6.92 Å². The fraction of sp³-hybridized carbons (Fsp3) is 0.333. The minimum atomic E-state index is -1.01. The summed E-state index contributed by atoms with van der Waals surface area (Å²) < 4.78 is 1.41. The first-order valence-electron chi connectivity index (χ1n) is 6.68. The van der Waals surface area contributed by atoms with Crippen molar-refractivity contribution < 1.29 is 9.90 Å². The van der Waals surface area contributed by atoms with Gasteiger partial charge in [-0.05, 0) is 38.0 Å². The molecule has 0 bridgehead atoms. The normalized spacial score (nSPS) is 10.7. The number of hydrogen-bond acceptors (Lipinski definition) is 2. The lowest BCUT2D eigenvalue weighted by molar-refractivity contribution is 0.0697. The molecule has 1 heterocycles. The van der Waals surface area contributed by atoms with E-state index in [0.29, 0.717) is 5.69 Å². The van der Waals surface area contributed by atoms with Crippen LogP contribution in [0.4, 0.5) is 0 Å². The molecule has 0 spiro atoms. The Labute approximate surface area is 116 Å². The molecular weight excluding hydrogens is 256 g/mol. The third-order valence-corrected chi connectivity index (χ3v) is 3.33. The summed E-state index contributed by atoms with van der Waals surface area (Å²) in [6.45, 7) is 3.95. The predicted molar refractivity (Wildman–Crippen MR) is 76.7 cm³/mol. The van der Waals surface area contributed by atoms with Crippen molar-refractivity contribution >= 4 is 5.97 Å². The van der Waals surface area contributed by atoms with E-state index in [-0.39, 0.29) is 11.1 Å². The maximum absolute atomic E-state index is 12.4. The van der Waals surface area contributed by atoms with Crippen molar-refractivity contribution in [3.8, 4) is 5.69 Å². The second kappa shape index (κ2) is 5.77. The molecule has 5 heteroatoms. The number of benzene rings is 1. The van der Waals surface area contributed by atoms with Gasteiger partial charge in [0.1, 0.15) is 0 Å². The number of carbonyl (C=O) groups is 1. The topological polar surface area (TPSA) is 75.1 Å². The SMILES string of the molecule is CCCCc1c(C)[nH]n(-c2cccc(C(=O)O)c2)c1=O. The molecule has 2 aromatic rings. The molecule has 106 valence electrons. The standard InChI is InChI=1S/C15H18N2O3/c1-3-4-8-13-10(2)16-17(14(13)18)12-7-5-6-11(9-12)15(19)20/h5-7,9,16H,3-4,8H2,1-2H3,(H,19,20). The Bertz CT molecular complexity index is 683. The van der Waals surface area contributed by atoms with Crippen LogP contribution in [0.2, 0.25) is 0 Å². The fourth-order valence-electron chi connectivity index (χ4n) is 2.19. The number of H-pyrrole nitrogens is 1. The first-order valence-corrected chi connectivity index (χ1v) is 6.68. The van der Waals surface area contributed by atoms with Crippen LogP contribution in [0, 0.1) is 6.92 Å². The monoisotopic (exact) mass is 274 g/mol. The molecule has 1 aromatic carbocycles. The molecule has 5 nitrogen and oxygen atoms in total. The van der Waals surface area contributed by atoms with Crippen molar-refractivity contribution in [1.29, 1.82) is 0 Å². The minimum Gasteiger partial charge on any atom is -0.478 e. The van der Waals surface area contributed by atoms with Crippen LogP contribution in [0.1, 0.15) is 41.4 Å². The van der Waals surface area contributed by atoms with Gasteiger partial charge in [-0.15, -0.1) is 0 Å². The lowest BCUT2D eigenvalue weighted by Crippen LogP contribution is -2.17. The van der Waals surface area contributed by atoms with Crippen molar-refractivity contribution in [2.45, 2.75) is 33.1 Å². The molecule has 2 N–H and O–H groups in total. The summed E-state index contributed by atoms with van der Waals surface area (Å²) in [6, 6.07) is 6.34. The Morgan fingerprint density at radius 1 is 1.40 bits per heavy atom. The zero-order chi connectivity index (χ0) is 14.7. The van der Waals surface area contributed by atoms with E-state index in [1.165, 1.54) is 16.8 Å². The zero-order valence-corrected chi connectivity index (χ0v) is 11.6. The number of carboxylic acid groups (broad SMARTS) is 1. The summed E-state index contributed by atoms with van der Waals surface area (Å²) >= 11 is 0. The third-order valence-electron chi connectivity index (χ3n) is 3.33. The summed E-state index contributed by atoms with van der Waals surface area (Å²) in [5.41, 5.74) is 2.22. The maximum Gasteiger partial charge on any atom is 0.335 e. The van der Waals surface area contributed by atoms with Gasteiger partial charge in [-0.2, -0.15) is 0 Å². The average molecular weight is 274 g/mol. The Kier molecular flexibility index (Phi) is 4.08. The highest BCUT2D eigenvalue weighted by atomic mass is 16.4. The van der Waals surface area contributed by atoms with Crippen LogP contribution in [-0.2, 0) is 6.42 Å². The summed E-state index contributed by atoms with van der Waals surface area (Å²) in [5.74, 6) is -1.01. The van der Waals surface area contributed by atoms with E-state index >= 15 is 0 Å². The maximum atomic E-state index is 12.4. The summed E-state index contributed by atoms with van der Waals surface area (Å²) in [5, 5.41) is 12.0. The molecule has 0 radical (unpaired) electrons. The number of nitrogens with one attached hydrogen (secondary N) is 1. The molecule has 1 aromatic heterocycles. The van der Waals surface area contributed by atoms with Crippen LogP contribution in [-0.4, -0.2) is 20.9 Å². The first kappa shape index (κ1) is 14.1. The highest BCUT2D eigenvalue weighted by Crippen LogP contribution is 2.11. The molecule has 0 saturated heterocycles. The van der Waals surface area contributed by atoms with Gasteiger partial charge in [-0.3, -0.25) is 9.89 Å². The summed E-state index contributed by atoms with van der Waals surface area (Å²) in [4.78, 5) is 23.3. The van der Waals surface area contributed by atoms with Gasteiger partial charge >= 0.3 is 5.97 Å².